The number of ether oxygens (including phenoxy) is 2. The summed E-state index contributed by atoms with van der Waals surface area (Å²) in [6.45, 7) is 1.08. The highest BCUT2D eigenvalue weighted by Gasteiger charge is 2.00. The van der Waals surface area contributed by atoms with E-state index in [2.05, 4.69) is 15.9 Å². The quantitative estimate of drug-likeness (QED) is 0.809. The highest BCUT2D eigenvalue weighted by molar-refractivity contribution is 9.10. The molecule has 1 aromatic rings. The number of benzene rings is 1. The van der Waals surface area contributed by atoms with Crippen LogP contribution in [0.5, 0.6) is 5.75 Å². The van der Waals surface area contributed by atoms with Gasteiger partial charge in [-0.15, -0.1) is 0 Å². The Labute approximate surface area is 95.9 Å². The molecule has 1 rings (SSSR count). The van der Waals surface area contributed by atoms with Gasteiger partial charge in [0, 0.05) is 0 Å². The summed E-state index contributed by atoms with van der Waals surface area (Å²) in [5.41, 5.74) is 0. The maximum atomic E-state index is 12.8. The first-order valence-corrected chi connectivity index (χ1v) is 5.30. The molecule has 15 heavy (non-hydrogen) atoms. The van der Waals surface area contributed by atoms with Crippen LogP contribution in [0.4, 0.5) is 4.39 Å². The van der Waals surface area contributed by atoms with Crippen molar-refractivity contribution in [3.8, 4) is 5.75 Å². The van der Waals surface area contributed by atoms with E-state index in [9.17, 15) is 4.39 Å². The van der Waals surface area contributed by atoms with E-state index in [1.807, 2.05) is 0 Å². The molecule has 0 aromatic heterocycles. The van der Waals surface area contributed by atoms with E-state index in [-0.39, 0.29) is 12.4 Å². The van der Waals surface area contributed by atoms with Gasteiger partial charge < -0.3 is 14.6 Å². The molecule has 0 aliphatic rings. The molecule has 0 saturated carbocycles. The lowest BCUT2D eigenvalue weighted by Crippen LogP contribution is -2.09. The van der Waals surface area contributed by atoms with Crippen molar-refractivity contribution in [2.45, 2.75) is 0 Å². The SMILES string of the molecule is OCCOCCOc1ccc(F)c(Br)c1. The second-order valence-corrected chi connectivity index (χ2v) is 3.61. The van der Waals surface area contributed by atoms with Crippen molar-refractivity contribution in [2.24, 2.45) is 0 Å². The lowest BCUT2D eigenvalue weighted by Gasteiger charge is -2.06. The van der Waals surface area contributed by atoms with E-state index in [1.165, 1.54) is 6.07 Å². The minimum atomic E-state index is -0.320. The van der Waals surface area contributed by atoms with Gasteiger partial charge in [-0.25, -0.2) is 4.39 Å². The van der Waals surface area contributed by atoms with Crippen molar-refractivity contribution < 1.29 is 19.0 Å². The summed E-state index contributed by atoms with van der Waals surface area (Å²) in [4.78, 5) is 0. The average molecular weight is 279 g/mol. The minimum Gasteiger partial charge on any atom is -0.491 e. The summed E-state index contributed by atoms with van der Waals surface area (Å²) in [5.74, 6) is 0.259. The van der Waals surface area contributed by atoms with Gasteiger partial charge in [0.1, 0.15) is 18.2 Å². The van der Waals surface area contributed by atoms with Gasteiger partial charge in [-0.3, -0.25) is 0 Å². The molecule has 0 atom stereocenters. The molecule has 1 aromatic carbocycles. The molecule has 0 aliphatic carbocycles. The number of aliphatic hydroxyl groups is 1. The first kappa shape index (κ1) is 12.4. The van der Waals surface area contributed by atoms with Crippen LogP contribution in [0, 0.1) is 5.82 Å². The zero-order chi connectivity index (χ0) is 11.1. The van der Waals surface area contributed by atoms with Crippen molar-refractivity contribution >= 4 is 15.9 Å². The molecular weight excluding hydrogens is 267 g/mol. The highest BCUT2D eigenvalue weighted by Crippen LogP contribution is 2.21. The number of hydrogen-bond donors (Lipinski definition) is 1. The Morgan fingerprint density at radius 2 is 2.07 bits per heavy atom. The molecular formula is C10H12BrFO3. The smallest absolute Gasteiger partial charge is 0.137 e. The van der Waals surface area contributed by atoms with E-state index >= 15 is 0 Å². The first-order chi connectivity index (χ1) is 7.24. The molecule has 0 aliphatic heterocycles. The number of aliphatic hydroxyl groups excluding tert-OH is 1. The Hall–Kier alpha value is -0.650. The van der Waals surface area contributed by atoms with Crippen LogP contribution in [0.3, 0.4) is 0 Å². The van der Waals surface area contributed by atoms with Crippen molar-refractivity contribution in [3.63, 3.8) is 0 Å². The molecule has 0 spiro atoms. The van der Waals surface area contributed by atoms with Crippen LogP contribution in [0.25, 0.3) is 0 Å². The van der Waals surface area contributed by atoms with E-state index in [1.54, 1.807) is 12.1 Å². The van der Waals surface area contributed by atoms with Gasteiger partial charge >= 0.3 is 0 Å². The summed E-state index contributed by atoms with van der Waals surface area (Å²) in [6.07, 6.45) is 0. The maximum absolute atomic E-state index is 12.8. The Morgan fingerprint density at radius 1 is 1.27 bits per heavy atom. The summed E-state index contributed by atoms with van der Waals surface area (Å²) in [5, 5.41) is 8.44. The lowest BCUT2D eigenvalue weighted by molar-refractivity contribution is 0.0705. The summed E-state index contributed by atoms with van der Waals surface area (Å²) in [6, 6.07) is 4.43. The zero-order valence-corrected chi connectivity index (χ0v) is 9.67. The van der Waals surface area contributed by atoms with Gasteiger partial charge in [0.2, 0.25) is 0 Å². The Balaban J connectivity index is 2.28. The van der Waals surface area contributed by atoms with E-state index in [0.717, 1.165) is 0 Å². The molecule has 0 bridgehead atoms. The van der Waals surface area contributed by atoms with Crippen molar-refractivity contribution in [1.29, 1.82) is 0 Å². The fourth-order valence-corrected chi connectivity index (χ4v) is 1.31. The van der Waals surface area contributed by atoms with Crippen molar-refractivity contribution in [2.75, 3.05) is 26.4 Å². The molecule has 3 nitrogen and oxygen atoms in total. The molecule has 84 valence electrons. The topological polar surface area (TPSA) is 38.7 Å². The van der Waals surface area contributed by atoms with Crippen LogP contribution in [-0.4, -0.2) is 31.5 Å². The third kappa shape index (κ3) is 4.59. The molecule has 0 unspecified atom stereocenters. The molecule has 0 saturated heterocycles. The number of hydrogen-bond acceptors (Lipinski definition) is 3. The van der Waals surface area contributed by atoms with Crippen LogP contribution in [0.2, 0.25) is 0 Å². The number of rotatable bonds is 6. The zero-order valence-electron chi connectivity index (χ0n) is 8.08. The van der Waals surface area contributed by atoms with E-state index in [4.69, 9.17) is 14.6 Å². The second-order valence-electron chi connectivity index (χ2n) is 2.76. The third-order valence-corrected chi connectivity index (χ3v) is 2.23. The van der Waals surface area contributed by atoms with Crippen LogP contribution >= 0.6 is 15.9 Å². The van der Waals surface area contributed by atoms with Gasteiger partial charge in [0.05, 0.1) is 24.3 Å². The van der Waals surface area contributed by atoms with E-state index < -0.39 is 0 Å². The fraction of sp³-hybridized carbons (Fsp3) is 0.400. The second kappa shape index (κ2) is 6.76. The van der Waals surface area contributed by atoms with Gasteiger partial charge in [-0.05, 0) is 34.1 Å². The van der Waals surface area contributed by atoms with Crippen LogP contribution in [0.1, 0.15) is 0 Å². The highest BCUT2D eigenvalue weighted by atomic mass is 79.9. The predicted molar refractivity (Wildman–Crippen MR) is 57.5 cm³/mol. The standard InChI is InChI=1S/C10H12BrFO3/c11-9-7-8(1-2-10(9)12)15-6-5-14-4-3-13/h1-2,7,13H,3-6H2. The van der Waals surface area contributed by atoms with E-state index in [0.29, 0.717) is 30.0 Å². The minimum absolute atomic E-state index is 0.00208. The van der Waals surface area contributed by atoms with Gasteiger partial charge in [0.15, 0.2) is 0 Å². The Kier molecular flexibility index (Phi) is 5.60. The monoisotopic (exact) mass is 278 g/mol. The molecule has 0 amide bonds. The van der Waals surface area contributed by atoms with Gasteiger partial charge in [0.25, 0.3) is 0 Å². The Morgan fingerprint density at radius 3 is 2.73 bits per heavy atom. The summed E-state index contributed by atoms with van der Waals surface area (Å²) >= 11 is 3.06. The van der Waals surface area contributed by atoms with Crippen molar-refractivity contribution in [1.82, 2.24) is 0 Å². The Bertz CT molecular complexity index is 307. The average Bonchev–Trinajstić information content (AvgIpc) is 2.23. The molecule has 0 heterocycles. The maximum Gasteiger partial charge on any atom is 0.137 e. The molecule has 1 N–H and O–H groups in total. The molecule has 5 heteroatoms. The first-order valence-electron chi connectivity index (χ1n) is 4.50. The number of halogens is 2. The van der Waals surface area contributed by atoms with Crippen LogP contribution in [-0.2, 0) is 4.74 Å². The lowest BCUT2D eigenvalue weighted by atomic mass is 10.3. The summed E-state index contributed by atoms with van der Waals surface area (Å²) in [7, 11) is 0. The van der Waals surface area contributed by atoms with Gasteiger partial charge in [-0.1, -0.05) is 0 Å². The van der Waals surface area contributed by atoms with Gasteiger partial charge in [-0.2, -0.15) is 0 Å². The molecule has 0 fully saturated rings. The summed E-state index contributed by atoms with van der Waals surface area (Å²) < 4.78 is 23.5. The van der Waals surface area contributed by atoms with Crippen LogP contribution < -0.4 is 4.74 Å². The predicted octanol–water partition coefficient (Wildman–Crippen LogP) is 1.98. The molecule has 0 radical (unpaired) electrons. The normalized spacial score (nSPS) is 10.3. The largest absolute Gasteiger partial charge is 0.491 e. The van der Waals surface area contributed by atoms with Crippen molar-refractivity contribution in [3.05, 3.63) is 28.5 Å². The fourth-order valence-electron chi connectivity index (χ4n) is 0.952. The third-order valence-electron chi connectivity index (χ3n) is 1.62. The van der Waals surface area contributed by atoms with Crippen LogP contribution in [0.15, 0.2) is 22.7 Å².